The summed E-state index contributed by atoms with van der Waals surface area (Å²) in [7, 11) is 0. The van der Waals surface area contributed by atoms with Crippen molar-refractivity contribution in [1.82, 2.24) is 15.6 Å². The molecule has 26 heavy (non-hydrogen) atoms. The van der Waals surface area contributed by atoms with Crippen molar-refractivity contribution in [2.24, 2.45) is 0 Å². The number of nitrogens with zero attached hydrogens (tertiary/aromatic N) is 1. The van der Waals surface area contributed by atoms with Gasteiger partial charge in [-0.05, 0) is 36.2 Å². The average molecular weight is 363 g/mol. The second kappa shape index (κ2) is 7.45. The number of benzene rings is 1. The highest BCUT2D eigenvalue weighted by molar-refractivity contribution is 5.79. The van der Waals surface area contributed by atoms with Gasteiger partial charge >= 0.3 is 6.18 Å². The summed E-state index contributed by atoms with van der Waals surface area (Å²) < 4.78 is 38.1. The number of aryl methyl sites for hydroxylation is 1. The fraction of sp³-hybridized carbons (Fsp3) is 0.368. The van der Waals surface area contributed by atoms with Crippen molar-refractivity contribution in [1.29, 1.82) is 0 Å². The Morgan fingerprint density at radius 1 is 1.19 bits per heavy atom. The first-order chi connectivity index (χ1) is 12.3. The van der Waals surface area contributed by atoms with Crippen LogP contribution in [0.4, 0.5) is 13.2 Å². The maximum absolute atomic E-state index is 12.7. The lowest BCUT2D eigenvalue weighted by Gasteiger charge is -2.21. The zero-order valence-electron chi connectivity index (χ0n) is 14.3. The van der Waals surface area contributed by atoms with Crippen LogP contribution >= 0.6 is 0 Å². The Bertz CT molecular complexity index is 757. The highest BCUT2D eigenvalue weighted by Crippen LogP contribution is 2.31. The largest absolute Gasteiger partial charge is 0.416 e. The van der Waals surface area contributed by atoms with E-state index in [0.717, 1.165) is 29.0 Å². The Balaban J connectivity index is 1.64. The number of pyridine rings is 1. The van der Waals surface area contributed by atoms with Crippen LogP contribution in [0.1, 0.15) is 28.3 Å². The molecule has 2 aromatic rings. The third-order valence-corrected chi connectivity index (χ3v) is 4.56. The highest BCUT2D eigenvalue weighted by Gasteiger charge is 2.32. The van der Waals surface area contributed by atoms with Crippen LogP contribution in [0, 0.1) is 6.92 Å². The second-order valence-corrected chi connectivity index (χ2v) is 6.54. The van der Waals surface area contributed by atoms with Gasteiger partial charge in [0, 0.05) is 36.9 Å². The van der Waals surface area contributed by atoms with Crippen LogP contribution in [-0.2, 0) is 17.4 Å². The van der Waals surface area contributed by atoms with Gasteiger partial charge in [-0.1, -0.05) is 18.2 Å². The van der Waals surface area contributed by atoms with E-state index in [0.29, 0.717) is 13.1 Å². The molecule has 1 aliphatic rings. The molecule has 1 aliphatic heterocycles. The van der Waals surface area contributed by atoms with Crippen molar-refractivity contribution in [3.05, 3.63) is 65.0 Å². The van der Waals surface area contributed by atoms with Crippen LogP contribution in [0.25, 0.3) is 0 Å². The Morgan fingerprint density at radius 3 is 2.54 bits per heavy atom. The predicted octanol–water partition coefficient (Wildman–Crippen LogP) is 2.82. The quantitative estimate of drug-likeness (QED) is 0.878. The lowest BCUT2D eigenvalue weighted by atomic mass is 9.93. The number of aromatic nitrogens is 1. The normalized spacial score (nSPS) is 20.2. The van der Waals surface area contributed by atoms with E-state index < -0.39 is 11.7 Å². The van der Waals surface area contributed by atoms with Gasteiger partial charge in [-0.3, -0.25) is 9.78 Å². The minimum atomic E-state index is -4.35. The van der Waals surface area contributed by atoms with Gasteiger partial charge in [0.05, 0.1) is 12.0 Å². The van der Waals surface area contributed by atoms with Crippen molar-refractivity contribution >= 4 is 5.91 Å². The molecule has 0 aliphatic carbocycles. The standard InChI is InChI=1S/C19H20F3N3O/c1-12-2-3-13(9-24-12)8-18(26)25-17-11-23-10-16(17)14-4-6-15(7-5-14)19(20,21)22/h2-7,9,16-17,23H,8,10-11H2,1H3,(H,25,26)/t16-,17+/m1/s1. The molecule has 138 valence electrons. The fourth-order valence-electron chi connectivity index (χ4n) is 3.15. The number of hydrogen-bond acceptors (Lipinski definition) is 3. The van der Waals surface area contributed by atoms with E-state index >= 15 is 0 Å². The summed E-state index contributed by atoms with van der Waals surface area (Å²) in [6.07, 6.45) is -2.44. The molecule has 1 fully saturated rings. The number of nitrogens with one attached hydrogen (secondary N) is 2. The van der Waals surface area contributed by atoms with Crippen molar-refractivity contribution in [3.63, 3.8) is 0 Å². The van der Waals surface area contributed by atoms with Gasteiger partial charge in [-0.15, -0.1) is 0 Å². The molecule has 1 aromatic carbocycles. The van der Waals surface area contributed by atoms with E-state index in [1.54, 1.807) is 6.20 Å². The Hall–Kier alpha value is -2.41. The summed E-state index contributed by atoms with van der Waals surface area (Å²) in [5.41, 5.74) is 1.83. The molecule has 0 radical (unpaired) electrons. The lowest BCUT2D eigenvalue weighted by Crippen LogP contribution is -2.40. The van der Waals surface area contributed by atoms with Crippen LogP contribution in [-0.4, -0.2) is 30.0 Å². The monoisotopic (exact) mass is 363 g/mol. The Labute approximate surface area is 149 Å². The van der Waals surface area contributed by atoms with E-state index in [-0.39, 0.29) is 24.3 Å². The molecular weight excluding hydrogens is 343 g/mol. The first-order valence-corrected chi connectivity index (χ1v) is 8.41. The number of alkyl halides is 3. The maximum Gasteiger partial charge on any atom is 0.416 e. The molecule has 1 aromatic heterocycles. The summed E-state index contributed by atoms with van der Waals surface area (Å²) in [6, 6.07) is 8.72. The van der Waals surface area contributed by atoms with E-state index in [9.17, 15) is 18.0 Å². The Kier molecular flexibility index (Phi) is 5.27. The molecule has 1 amide bonds. The molecular formula is C19H20F3N3O. The molecule has 0 spiro atoms. The van der Waals surface area contributed by atoms with Gasteiger partial charge in [0.2, 0.25) is 5.91 Å². The van der Waals surface area contributed by atoms with Crippen LogP contribution < -0.4 is 10.6 Å². The van der Waals surface area contributed by atoms with E-state index in [4.69, 9.17) is 0 Å². The summed E-state index contributed by atoms with van der Waals surface area (Å²) in [5.74, 6) is -0.182. The van der Waals surface area contributed by atoms with E-state index in [2.05, 4.69) is 15.6 Å². The van der Waals surface area contributed by atoms with Crippen molar-refractivity contribution in [2.75, 3.05) is 13.1 Å². The first-order valence-electron chi connectivity index (χ1n) is 8.41. The van der Waals surface area contributed by atoms with E-state index in [1.807, 2.05) is 19.1 Å². The van der Waals surface area contributed by atoms with Gasteiger partial charge < -0.3 is 10.6 Å². The number of amides is 1. The topological polar surface area (TPSA) is 54.0 Å². The zero-order valence-corrected chi connectivity index (χ0v) is 14.3. The molecule has 0 saturated carbocycles. The smallest absolute Gasteiger partial charge is 0.351 e. The third-order valence-electron chi connectivity index (χ3n) is 4.56. The molecule has 2 atom stereocenters. The molecule has 1 saturated heterocycles. The summed E-state index contributed by atoms with van der Waals surface area (Å²) in [5, 5.41) is 6.18. The van der Waals surface area contributed by atoms with Crippen molar-refractivity contribution in [3.8, 4) is 0 Å². The molecule has 4 nitrogen and oxygen atoms in total. The van der Waals surface area contributed by atoms with Gasteiger partial charge in [-0.2, -0.15) is 13.2 Å². The molecule has 0 unspecified atom stereocenters. The summed E-state index contributed by atoms with van der Waals surface area (Å²) >= 11 is 0. The molecule has 3 rings (SSSR count). The minimum Gasteiger partial charge on any atom is -0.351 e. The second-order valence-electron chi connectivity index (χ2n) is 6.54. The number of hydrogen-bond donors (Lipinski definition) is 2. The average Bonchev–Trinajstić information content (AvgIpc) is 3.04. The fourth-order valence-corrected chi connectivity index (χ4v) is 3.15. The number of carbonyl (C=O) groups excluding carboxylic acids is 1. The molecule has 2 N–H and O–H groups in total. The lowest BCUT2D eigenvalue weighted by molar-refractivity contribution is -0.137. The zero-order chi connectivity index (χ0) is 18.7. The maximum atomic E-state index is 12.7. The molecule has 2 heterocycles. The summed E-state index contributed by atoms with van der Waals surface area (Å²) in [6.45, 7) is 3.08. The van der Waals surface area contributed by atoms with Gasteiger partial charge in [0.15, 0.2) is 0 Å². The van der Waals surface area contributed by atoms with Crippen LogP contribution in [0.2, 0.25) is 0 Å². The first kappa shape index (κ1) is 18.4. The van der Waals surface area contributed by atoms with Crippen molar-refractivity contribution in [2.45, 2.75) is 31.5 Å². The highest BCUT2D eigenvalue weighted by atomic mass is 19.4. The molecule has 0 bridgehead atoms. The van der Waals surface area contributed by atoms with Gasteiger partial charge in [0.25, 0.3) is 0 Å². The van der Waals surface area contributed by atoms with Gasteiger partial charge in [0.1, 0.15) is 0 Å². The predicted molar refractivity (Wildman–Crippen MR) is 91.7 cm³/mol. The Morgan fingerprint density at radius 2 is 1.92 bits per heavy atom. The van der Waals surface area contributed by atoms with Crippen molar-refractivity contribution < 1.29 is 18.0 Å². The van der Waals surface area contributed by atoms with E-state index in [1.165, 1.54) is 12.1 Å². The van der Waals surface area contributed by atoms with Crippen LogP contribution in [0.3, 0.4) is 0 Å². The number of carbonyl (C=O) groups is 1. The minimum absolute atomic E-state index is 0.0580. The molecule has 7 heteroatoms. The number of rotatable bonds is 4. The van der Waals surface area contributed by atoms with Crippen LogP contribution in [0.5, 0.6) is 0 Å². The number of halogens is 3. The SMILES string of the molecule is Cc1ccc(CC(=O)N[C@H]2CNC[C@@H]2c2ccc(C(F)(F)F)cc2)cn1. The van der Waals surface area contributed by atoms with Gasteiger partial charge in [-0.25, -0.2) is 0 Å². The third kappa shape index (κ3) is 4.40. The summed E-state index contributed by atoms with van der Waals surface area (Å²) in [4.78, 5) is 16.5. The van der Waals surface area contributed by atoms with Crippen LogP contribution in [0.15, 0.2) is 42.6 Å².